The third kappa shape index (κ3) is 4.07. The molecule has 1 N–H and O–H groups in total. The van der Waals surface area contributed by atoms with Crippen LogP contribution in [-0.4, -0.2) is 15.2 Å². The van der Waals surface area contributed by atoms with Gasteiger partial charge in [-0.3, -0.25) is 4.98 Å². The van der Waals surface area contributed by atoms with Gasteiger partial charge in [-0.25, -0.2) is 0 Å². The minimum atomic E-state index is 0.308. The molecule has 7 heteroatoms. The van der Waals surface area contributed by atoms with Crippen LogP contribution in [0.3, 0.4) is 0 Å². The number of rotatable bonds is 5. The zero-order chi connectivity index (χ0) is 18.6. The highest BCUT2D eigenvalue weighted by molar-refractivity contribution is 6.31. The molecule has 0 amide bonds. The largest absolute Gasteiger partial charge is 0.456 e. The Labute approximate surface area is 160 Å². The van der Waals surface area contributed by atoms with Crippen LogP contribution in [0.2, 0.25) is 5.02 Å². The van der Waals surface area contributed by atoms with Crippen molar-refractivity contribution in [2.75, 3.05) is 5.32 Å². The van der Waals surface area contributed by atoms with Crippen LogP contribution in [0, 0.1) is 6.92 Å². The van der Waals surface area contributed by atoms with Crippen LogP contribution in [0.15, 0.2) is 71.4 Å². The number of anilines is 2. The number of nitrogens with zero attached hydrogens (tertiary/aromatic N) is 3. The zero-order valence-corrected chi connectivity index (χ0v) is 15.1. The summed E-state index contributed by atoms with van der Waals surface area (Å²) >= 11 is 6.04. The van der Waals surface area contributed by atoms with Crippen molar-refractivity contribution in [3.63, 3.8) is 0 Å². The third-order valence-electron chi connectivity index (χ3n) is 3.81. The topological polar surface area (TPSA) is 73.1 Å². The van der Waals surface area contributed by atoms with Gasteiger partial charge in [0.2, 0.25) is 5.89 Å². The van der Waals surface area contributed by atoms with Gasteiger partial charge in [-0.2, -0.15) is 0 Å². The highest BCUT2D eigenvalue weighted by Crippen LogP contribution is 2.27. The van der Waals surface area contributed by atoms with Gasteiger partial charge >= 0.3 is 6.01 Å². The molecule has 4 rings (SSSR count). The van der Waals surface area contributed by atoms with Crippen molar-refractivity contribution in [1.29, 1.82) is 0 Å². The number of hydrogen-bond donors (Lipinski definition) is 1. The molecule has 2 aromatic carbocycles. The van der Waals surface area contributed by atoms with Gasteiger partial charge in [-0.1, -0.05) is 16.7 Å². The molecule has 4 aromatic rings. The maximum absolute atomic E-state index is 6.04. The highest BCUT2D eigenvalue weighted by atomic mass is 35.5. The Morgan fingerprint density at radius 3 is 2.59 bits per heavy atom. The van der Waals surface area contributed by atoms with Gasteiger partial charge in [0, 0.05) is 22.5 Å². The number of pyridine rings is 1. The summed E-state index contributed by atoms with van der Waals surface area (Å²) in [5.41, 5.74) is 2.58. The SMILES string of the molecule is Cc1cc(Nc2nnc(-c3ccc(Oc4cccnc4)cc3)o2)ccc1Cl. The number of ether oxygens (including phenoxy) is 1. The minimum absolute atomic E-state index is 0.308. The number of aryl methyl sites for hydroxylation is 1. The van der Waals surface area contributed by atoms with Crippen molar-refractivity contribution in [3.8, 4) is 23.0 Å². The fraction of sp³-hybridized carbons (Fsp3) is 0.0500. The summed E-state index contributed by atoms with van der Waals surface area (Å²) in [5.74, 6) is 1.78. The van der Waals surface area contributed by atoms with E-state index in [4.69, 9.17) is 20.8 Å². The first kappa shape index (κ1) is 17.1. The molecule has 0 aliphatic rings. The van der Waals surface area contributed by atoms with E-state index in [2.05, 4.69) is 20.5 Å². The molecule has 0 bridgehead atoms. The van der Waals surface area contributed by atoms with E-state index >= 15 is 0 Å². The lowest BCUT2D eigenvalue weighted by Gasteiger charge is -2.05. The van der Waals surface area contributed by atoms with Gasteiger partial charge in [0.05, 0.1) is 6.20 Å². The minimum Gasteiger partial charge on any atom is -0.456 e. The van der Waals surface area contributed by atoms with Crippen molar-refractivity contribution < 1.29 is 9.15 Å². The Kier molecular flexibility index (Phi) is 4.72. The van der Waals surface area contributed by atoms with Gasteiger partial charge in [0.15, 0.2) is 0 Å². The van der Waals surface area contributed by atoms with Gasteiger partial charge in [-0.15, -0.1) is 5.10 Å². The Morgan fingerprint density at radius 2 is 1.85 bits per heavy atom. The van der Waals surface area contributed by atoms with Crippen LogP contribution < -0.4 is 10.1 Å². The van der Waals surface area contributed by atoms with E-state index in [0.29, 0.717) is 28.4 Å². The van der Waals surface area contributed by atoms with Crippen LogP contribution in [0.4, 0.5) is 11.7 Å². The van der Waals surface area contributed by atoms with E-state index in [-0.39, 0.29) is 0 Å². The molecular formula is C20H15ClN4O2. The number of benzene rings is 2. The van der Waals surface area contributed by atoms with Crippen LogP contribution in [0.5, 0.6) is 11.5 Å². The molecule has 6 nitrogen and oxygen atoms in total. The highest BCUT2D eigenvalue weighted by Gasteiger charge is 2.10. The first-order valence-corrected chi connectivity index (χ1v) is 8.60. The summed E-state index contributed by atoms with van der Waals surface area (Å²) in [6.07, 6.45) is 3.35. The van der Waals surface area contributed by atoms with Crippen molar-refractivity contribution in [2.45, 2.75) is 6.92 Å². The van der Waals surface area contributed by atoms with Gasteiger partial charge in [0.1, 0.15) is 11.5 Å². The molecule has 0 aliphatic carbocycles. The van der Waals surface area contributed by atoms with E-state index in [0.717, 1.165) is 16.8 Å². The van der Waals surface area contributed by atoms with Crippen LogP contribution in [-0.2, 0) is 0 Å². The number of aromatic nitrogens is 3. The standard InChI is InChI=1S/C20H15ClN4O2/c1-13-11-15(6-9-18(13)21)23-20-25-24-19(27-20)14-4-7-16(8-5-14)26-17-3-2-10-22-12-17/h2-12H,1H3,(H,23,25). The van der Waals surface area contributed by atoms with Gasteiger partial charge in [0.25, 0.3) is 0 Å². The number of halogens is 1. The Morgan fingerprint density at radius 1 is 1.00 bits per heavy atom. The normalized spacial score (nSPS) is 10.6. The second-order valence-electron chi connectivity index (χ2n) is 5.82. The average Bonchev–Trinajstić information content (AvgIpc) is 3.15. The molecule has 0 unspecified atom stereocenters. The quantitative estimate of drug-likeness (QED) is 0.485. The number of nitrogens with one attached hydrogen (secondary N) is 1. The summed E-state index contributed by atoms with van der Waals surface area (Å²) in [6.45, 7) is 1.93. The lowest BCUT2D eigenvalue weighted by molar-refractivity contribution is 0.480. The molecule has 0 saturated carbocycles. The third-order valence-corrected chi connectivity index (χ3v) is 4.23. The smallest absolute Gasteiger partial charge is 0.320 e. The molecule has 27 heavy (non-hydrogen) atoms. The monoisotopic (exact) mass is 378 g/mol. The molecule has 0 fully saturated rings. The summed E-state index contributed by atoms with van der Waals surface area (Å²) in [5, 5.41) is 11.9. The summed E-state index contributed by atoms with van der Waals surface area (Å²) in [6, 6.07) is 16.9. The molecule has 134 valence electrons. The second-order valence-corrected chi connectivity index (χ2v) is 6.22. The van der Waals surface area contributed by atoms with Crippen molar-refractivity contribution in [3.05, 3.63) is 77.6 Å². The van der Waals surface area contributed by atoms with E-state index in [9.17, 15) is 0 Å². The molecule has 0 radical (unpaired) electrons. The van der Waals surface area contributed by atoms with Crippen LogP contribution in [0.1, 0.15) is 5.56 Å². The van der Waals surface area contributed by atoms with Crippen molar-refractivity contribution in [1.82, 2.24) is 15.2 Å². The zero-order valence-electron chi connectivity index (χ0n) is 14.4. The Balaban J connectivity index is 1.47. The molecule has 0 saturated heterocycles. The summed E-state index contributed by atoms with van der Waals surface area (Å²) in [4.78, 5) is 4.02. The maximum atomic E-state index is 6.04. The fourth-order valence-corrected chi connectivity index (χ4v) is 2.56. The van der Waals surface area contributed by atoms with Gasteiger partial charge < -0.3 is 14.5 Å². The summed E-state index contributed by atoms with van der Waals surface area (Å²) < 4.78 is 11.4. The van der Waals surface area contributed by atoms with Gasteiger partial charge in [-0.05, 0) is 67.1 Å². The Hall–Kier alpha value is -3.38. The van der Waals surface area contributed by atoms with E-state index in [1.165, 1.54) is 0 Å². The Bertz CT molecular complexity index is 1050. The predicted molar refractivity (Wildman–Crippen MR) is 104 cm³/mol. The molecule has 2 aromatic heterocycles. The molecule has 0 atom stereocenters. The molecule has 0 spiro atoms. The van der Waals surface area contributed by atoms with Crippen molar-refractivity contribution in [2.24, 2.45) is 0 Å². The fourth-order valence-electron chi connectivity index (χ4n) is 2.45. The summed E-state index contributed by atoms with van der Waals surface area (Å²) in [7, 11) is 0. The first-order valence-electron chi connectivity index (χ1n) is 8.22. The lowest BCUT2D eigenvalue weighted by atomic mass is 10.2. The lowest BCUT2D eigenvalue weighted by Crippen LogP contribution is -1.91. The van der Waals surface area contributed by atoms with E-state index in [1.807, 2.05) is 61.5 Å². The first-order chi connectivity index (χ1) is 13.2. The molecule has 2 heterocycles. The van der Waals surface area contributed by atoms with Crippen molar-refractivity contribution >= 4 is 23.3 Å². The predicted octanol–water partition coefficient (Wildman–Crippen LogP) is 5.63. The number of hydrogen-bond acceptors (Lipinski definition) is 6. The average molecular weight is 379 g/mol. The van der Waals surface area contributed by atoms with Crippen LogP contribution in [0.25, 0.3) is 11.5 Å². The maximum Gasteiger partial charge on any atom is 0.320 e. The van der Waals surface area contributed by atoms with E-state index in [1.54, 1.807) is 12.4 Å². The van der Waals surface area contributed by atoms with E-state index < -0.39 is 0 Å². The molecular weight excluding hydrogens is 364 g/mol. The second kappa shape index (κ2) is 7.47. The van der Waals surface area contributed by atoms with Crippen LogP contribution >= 0.6 is 11.6 Å². The molecule has 0 aliphatic heterocycles.